The van der Waals surface area contributed by atoms with E-state index in [9.17, 15) is 9.59 Å². The number of rotatable bonds is 6. The Morgan fingerprint density at radius 2 is 2.04 bits per heavy atom. The highest BCUT2D eigenvalue weighted by Gasteiger charge is 2.29. The molecule has 1 aliphatic rings. The summed E-state index contributed by atoms with van der Waals surface area (Å²) >= 11 is 0. The number of hydrogen-bond donors (Lipinski definition) is 1. The quantitative estimate of drug-likeness (QED) is 0.871. The molecule has 23 heavy (non-hydrogen) atoms. The van der Waals surface area contributed by atoms with Crippen LogP contribution in [0.1, 0.15) is 42.5 Å². The van der Waals surface area contributed by atoms with Crippen molar-refractivity contribution in [2.24, 2.45) is 0 Å². The highest BCUT2D eigenvalue weighted by Crippen LogP contribution is 2.29. The van der Waals surface area contributed by atoms with Crippen LogP contribution < -0.4 is 9.47 Å². The fraction of sp³-hybridized carbons (Fsp3) is 0.529. The third kappa shape index (κ3) is 4.15. The van der Waals surface area contributed by atoms with Gasteiger partial charge in [-0.15, -0.1) is 0 Å². The summed E-state index contributed by atoms with van der Waals surface area (Å²) in [6.07, 6.45) is 3.37. The molecule has 0 spiro atoms. The molecule has 1 saturated heterocycles. The van der Waals surface area contributed by atoms with Crippen LogP contribution in [-0.2, 0) is 4.79 Å². The van der Waals surface area contributed by atoms with E-state index in [-0.39, 0.29) is 18.4 Å². The Labute approximate surface area is 136 Å². The number of hydrogen-bond acceptors (Lipinski definition) is 4. The lowest BCUT2D eigenvalue weighted by Gasteiger charge is -2.36. The molecule has 2 rings (SSSR count). The molecule has 1 fully saturated rings. The average Bonchev–Trinajstić information content (AvgIpc) is 2.58. The molecule has 1 atom stereocenters. The van der Waals surface area contributed by atoms with Gasteiger partial charge in [-0.25, -0.2) is 0 Å². The molecule has 0 saturated carbocycles. The Balaban J connectivity index is 2.21. The lowest BCUT2D eigenvalue weighted by atomic mass is 9.96. The van der Waals surface area contributed by atoms with Crippen molar-refractivity contribution in [1.82, 2.24) is 4.90 Å². The molecular weight excluding hydrogens is 298 g/mol. The van der Waals surface area contributed by atoms with Crippen molar-refractivity contribution >= 4 is 11.9 Å². The zero-order chi connectivity index (χ0) is 16.8. The Hall–Kier alpha value is -2.24. The molecule has 126 valence electrons. The third-order valence-corrected chi connectivity index (χ3v) is 4.22. The number of amides is 1. The summed E-state index contributed by atoms with van der Waals surface area (Å²) in [5, 5.41) is 8.89. The predicted octanol–water partition coefficient (Wildman–Crippen LogP) is 2.56. The number of ether oxygens (including phenoxy) is 2. The normalized spacial score (nSPS) is 17.7. The number of carboxylic acids is 1. The molecule has 1 N–H and O–H groups in total. The van der Waals surface area contributed by atoms with Gasteiger partial charge >= 0.3 is 5.97 Å². The van der Waals surface area contributed by atoms with Crippen molar-refractivity contribution in [2.45, 2.75) is 38.1 Å². The number of carboxylic acid groups (broad SMARTS) is 1. The lowest BCUT2D eigenvalue weighted by molar-refractivity contribution is -0.137. The van der Waals surface area contributed by atoms with Gasteiger partial charge in [-0.1, -0.05) is 0 Å². The first kappa shape index (κ1) is 17.1. The summed E-state index contributed by atoms with van der Waals surface area (Å²) < 4.78 is 10.5. The van der Waals surface area contributed by atoms with E-state index in [1.165, 1.54) is 7.11 Å². The van der Waals surface area contributed by atoms with E-state index in [1.54, 1.807) is 30.2 Å². The van der Waals surface area contributed by atoms with Crippen LogP contribution in [0.3, 0.4) is 0 Å². The molecule has 0 bridgehead atoms. The van der Waals surface area contributed by atoms with Crippen LogP contribution >= 0.6 is 0 Å². The highest BCUT2D eigenvalue weighted by atomic mass is 16.5. The first-order chi connectivity index (χ1) is 11.1. The first-order valence-corrected chi connectivity index (χ1v) is 7.81. The molecule has 1 heterocycles. The maximum absolute atomic E-state index is 12.9. The van der Waals surface area contributed by atoms with Gasteiger partial charge in [0, 0.05) is 25.1 Å². The van der Waals surface area contributed by atoms with Crippen LogP contribution in [0.5, 0.6) is 11.5 Å². The minimum Gasteiger partial charge on any atom is -0.497 e. The van der Waals surface area contributed by atoms with Gasteiger partial charge in [-0.3, -0.25) is 9.59 Å². The van der Waals surface area contributed by atoms with Crippen molar-refractivity contribution in [3.63, 3.8) is 0 Å². The molecule has 0 aliphatic carbocycles. The fourth-order valence-electron chi connectivity index (χ4n) is 2.99. The molecule has 0 aromatic heterocycles. The third-order valence-electron chi connectivity index (χ3n) is 4.22. The van der Waals surface area contributed by atoms with Crippen LogP contribution in [0, 0.1) is 0 Å². The summed E-state index contributed by atoms with van der Waals surface area (Å²) in [5.74, 6) is 0.154. The Kier molecular flexibility index (Phi) is 5.84. The van der Waals surface area contributed by atoms with Gasteiger partial charge in [0.05, 0.1) is 19.8 Å². The van der Waals surface area contributed by atoms with Crippen molar-refractivity contribution < 1.29 is 24.2 Å². The summed E-state index contributed by atoms with van der Waals surface area (Å²) in [7, 11) is 3.08. The molecule has 0 radical (unpaired) electrons. The number of benzene rings is 1. The average molecular weight is 321 g/mol. The second-order valence-corrected chi connectivity index (χ2v) is 5.65. The van der Waals surface area contributed by atoms with Crippen molar-refractivity contribution in [3.8, 4) is 11.5 Å². The molecule has 1 aromatic carbocycles. The van der Waals surface area contributed by atoms with E-state index >= 15 is 0 Å². The predicted molar refractivity (Wildman–Crippen MR) is 85.1 cm³/mol. The van der Waals surface area contributed by atoms with E-state index in [2.05, 4.69) is 0 Å². The second-order valence-electron chi connectivity index (χ2n) is 5.65. The summed E-state index contributed by atoms with van der Waals surface area (Å²) in [5.41, 5.74) is 0.482. The fourth-order valence-corrected chi connectivity index (χ4v) is 2.99. The summed E-state index contributed by atoms with van der Waals surface area (Å²) in [6.45, 7) is 0.651. The minimum atomic E-state index is -0.829. The molecule has 6 heteroatoms. The number of carbonyl (C=O) groups excluding carboxylic acids is 1. The maximum atomic E-state index is 12.9. The molecular formula is C17H23NO5. The number of aliphatic carboxylic acids is 1. The van der Waals surface area contributed by atoms with Gasteiger partial charge in [0.2, 0.25) is 0 Å². The highest BCUT2D eigenvalue weighted by molar-refractivity contribution is 5.97. The van der Waals surface area contributed by atoms with E-state index in [0.717, 1.165) is 19.3 Å². The molecule has 0 unspecified atom stereocenters. The van der Waals surface area contributed by atoms with Crippen LogP contribution in [0.4, 0.5) is 0 Å². The maximum Gasteiger partial charge on any atom is 0.303 e. The van der Waals surface area contributed by atoms with E-state index in [0.29, 0.717) is 30.0 Å². The smallest absolute Gasteiger partial charge is 0.303 e. The second kappa shape index (κ2) is 7.85. The minimum absolute atomic E-state index is 0.0286. The Morgan fingerprint density at radius 1 is 1.26 bits per heavy atom. The Bertz CT molecular complexity index is 572. The zero-order valence-electron chi connectivity index (χ0n) is 13.6. The van der Waals surface area contributed by atoms with Gasteiger partial charge in [-0.2, -0.15) is 0 Å². The van der Waals surface area contributed by atoms with Crippen molar-refractivity contribution in [1.29, 1.82) is 0 Å². The molecule has 1 amide bonds. The largest absolute Gasteiger partial charge is 0.497 e. The number of methoxy groups -OCH3 is 2. The van der Waals surface area contributed by atoms with Crippen LogP contribution in [0.2, 0.25) is 0 Å². The summed E-state index contributed by atoms with van der Waals surface area (Å²) in [4.78, 5) is 25.5. The van der Waals surface area contributed by atoms with Crippen molar-refractivity contribution in [2.75, 3.05) is 20.8 Å². The van der Waals surface area contributed by atoms with Gasteiger partial charge in [0.1, 0.15) is 11.5 Å². The molecule has 1 aromatic rings. The monoisotopic (exact) mass is 321 g/mol. The van der Waals surface area contributed by atoms with Gasteiger partial charge in [0.15, 0.2) is 0 Å². The number of piperidine rings is 1. The Morgan fingerprint density at radius 3 is 2.70 bits per heavy atom. The number of nitrogens with zero attached hydrogens (tertiary/aromatic N) is 1. The van der Waals surface area contributed by atoms with Crippen LogP contribution in [0.25, 0.3) is 0 Å². The van der Waals surface area contributed by atoms with Gasteiger partial charge in [0.25, 0.3) is 5.91 Å². The molecule has 6 nitrogen and oxygen atoms in total. The summed E-state index contributed by atoms with van der Waals surface area (Å²) in [6, 6.07) is 5.08. The van der Waals surface area contributed by atoms with Crippen LogP contribution in [0.15, 0.2) is 18.2 Å². The van der Waals surface area contributed by atoms with Gasteiger partial charge in [-0.05, 0) is 37.8 Å². The zero-order valence-corrected chi connectivity index (χ0v) is 13.6. The van der Waals surface area contributed by atoms with Crippen LogP contribution in [-0.4, -0.2) is 48.7 Å². The standard InChI is InChI=1S/C17H23NO5/c1-22-13-7-8-14(15(11-13)23-2)17(21)18-10-4-3-5-12(18)6-9-16(19)20/h7-8,11-12H,3-6,9-10H2,1-2H3,(H,19,20)/t12-/m1/s1. The topological polar surface area (TPSA) is 76.1 Å². The van der Waals surface area contributed by atoms with Crippen molar-refractivity contribution in [3.05, 3.63) is 23.8 Å². The SMILES string of the molecule is COc1ccc(C(=O)N2CCCC[C@@H]2CCC(=O)O)c(OC)c1. The lowest BCUT2D eigenvalue weighted by Crippen LogP contribution is -2.44. The number of carbonyl (C=O) groups is 2. The van der Waals surface area contributed by atoms with E-state index in [1.807, 2.05) is 0 Å². The van der Waals surface area contributed by atoms with Gasteiger partial charge < -0.3 is 19.5 Å². The first-order valence-electron chi connectivity index (χ1n) is 7.81. The molecule has 1 aliphatic heterocycles. The van der Waals surface area contributed by atoms with E-state index in [4.69, 9.17) is 14.6 Å². The number of likely N-dealkylation sites (tertiary alicyclic amines) is 1. The van der Waals surface area contributed by atoms with E-state index < -0.39 is 5.97 Å².